The number of hydrogen-bond donors (Lipinski definition) is 1. The van der Waals surface area contributed by atoms with Gasteiger partial charge < -0.3 is 10.6 Å². The number of hydrogen-bond acceptors (Lipinski definition) is 2. The molecule has 1 saturated carbocycles. The second kappa shape index (κ2) is 4.52. The second-order valence-corrected chi connectivity index (χ2v) is 5.11. The van der Waals surface area contributed by atoms with Gasteiger partial charge in [-0.05, 0) is 31.1 Å². The van der Waals surface area contributed by atoms with E-state index in [2.05, 4.69) is 6.92 Å². The molecule has 15 heavy (non-hydrogen) atoms. The number of amides is 1. The van der Waals surface area contributed by atoms with Crippen molar-refractivity contribution in [3.05, 3.63) is 0 Å². The van der Waals surface area contributed by atoms with Crippen LogP contribution in [0.5, 0.6) is 0 Å². The average Bonchev–Trinajstić information content (AvgIpc) is 3.01. The highest BCUT2D eigenvalue weighted by Gasteiger charge is 2.31. The Hall–Kier alpha value is -0.570. The molecule has 0 bridgehead atoms. The number of likely N-dealkylation sites (tertiary alicyclic amines) is 1. The van der Waals surface area contributed by atoms with Gasteiger partial charge in [0.05, 0.1) is 0 Å². The molecule has 0 spiro atoms. The summed E-state index contributed by atoms with van der Waals surface area (Å²) in [5.41, 5.74) is 6.07. The molecule has 2 N–H and O–H groups in total. The maximum atomic E-state index is 11.9. The molecule has 2 aliphatic rings. The van der Waals surface area contributed by atoms with Crippen LogP contribution in [0.4, 0.5) is 0 Å². The molecule has 0 aromatic carbocycles. The zero-order chi connectivity index (χ0) is 10.8. The first kappa shape index (κ1) is 10.9. The molecular formula is C12H22N2O. The smallest absolute Gasteiger partial charge is 0.222 e. The zero-order valence-corrected chi connectivity index (χ0v) is 9.61. The molecule has 1 heterocycles. The molecule has 2 atom stereocenters. The van der Waals surface area contributed by atoms with Crippen molar-refractivity contribution in [2.24, 2.45) is 17.6 Å². The lowest BCUT2D eigenvalue weighted by Crippen LogP contribution is -2.50. The minimum atomic E-state index is 0.201. The monoisotopic (exact) mass is 210 g/mol. The van der Waals surface area contributed by atoms with Gasteiger partial charge in [-0.2, -0.15) is 0 Å². The summed E-state index contributed by atoms with van der Waals surface area (Å²) < 4.78 is 0. The van der Waals surface area contributed by atoms with Crippen molar-refractivity contribution in [2.45, 2.75) is 45.1 Å². The third kappa shape index (κ3) is 2.71. The highest BCUT2D eigenvalue weighted by molar-refractivity contribution is 5.76. The number of carbonyl (C=O) groups excluding carboxylic acids is 1. The first-order valence-electron chi connectivity index (χ1n) is 6.24. The lowest BCUT2D eigenvalue weighted by Gasteiger charge is -2.36. The Kier molecular flexibility index (Phi) is 3.29. The van der Waals surface area contributed by atoms with Crippen LogP contribution in [0.3, 0.4) is 0 Å². The SMILES string of the molecule is CCC1CCN(C(=O)CC2CC2)CC1N. The molecule has 2 unspecified atom stereocenters. The third-order valence-corrected chi connectivity index (χ3v) is 3.84. The van der Waals surface area contributed by atoms with E-state index in [0.29, 0.717) is 17.7 Å². The molecule has 2 rings (SSSR count). The van der Waals surface area contributed by atoms with Gasteiger partial charge in [-0.3, -0.25) is 4.79 Å². The minimum absolute atomic E-state index is 0.201. The van der Waals surface area contributed by atoms with Gasteiger partial charge in [0.2, 0.25) is 5.91 Å². The summed E-state index contributed by atoms with van der Waals surface area (Å²) in [5.74, 6) is 1.65. The van der Waals surface area contributed by atoms with Crippen LogP contribution in [-0.2, 0) is 4.79 Å². The van der Waals surface area contributed by atoms with Crippen LogP contribution in [0.1, 0.15) is 39.0 Å². The van der Waals surface area contributed by atoms with Gasteiger partial charge in [0.1, 0.15) is 0 Å². The van der Waals surface area contributed by atoms with E-state index in [-0.39, 0.29) is 6.04 Å². The van der Waals surface area contributed by atoms with Gasteiger partial charge >= 0.3 is 0 Å². The maximum absolute atomic E-state index is 11.9. The van der Waals surface area contributed by atoms with Crippen LogP contribution in [0, 0.1) is 11.8 Å². The summed E-state index contributed by atoms with van der Waals surface area (Å²) in [6.07, 6.45) is 5.51. The number of nitrogens with zero attached hydrogens (tertiary/aromatic N) is 1. The molecule has 0 aromatic heterocycles. The summed E-state index contributed by atoms with van der Waals surface area (Å²) in [5, 5.41) is 0. The van der Waals surface area contributed by atoms with Crippen molar-refractivity contribution in [3.8, 4) is 0 Å². The minimum Gasteiger partial charge on any atom is -0.341 e. The highest BCUT2D eigenvalue weighted by Crippen LogP contribution is 2.33. The van der Waals surface area contributed by atoms with Crippen molar-refractivity contribution in [1.29, 1.82) is 0 Å². The number of nitrogens with two attached hydrogens (primary N) is 1. The fourth-order valence-corrected chi connectivity index (χ4v) is 2.46. The van der Waals surface area contributed by atoms with Crippen molar-refractivity contribution in [1.82, 2.24) is 4.90 Å². The Morgan fingerprint density at radius 1 is 1.40 bits per heavy atom. The molecule has 0 radical (unpaired) electrons. The molecule has 3 heteroatoms. The van der Waals surface area contributed by atoms with Gasteiger partial charge in [0, 0.05) is 25.6 Å². The molecule has 1 amide bonds. The zero-order valence-electron chi connectivity index (χ0n) is 9.61. The molecule has 0 aromatic rings. The van der Waals surface area contributed by atoms with Gasteiger partial charge in [-0.15, -0.1) is 0 Å². The second-order valence-electron chi connectivity index (χ2n) is 5.11. The van der Waals surface area contributed by atoms with Gasteiger partial charge in [-0.25, -0.2) is 0 Å². The first-order valence-corrected chi connectivity index (χ1v) is 6.24. The lowest BCUT2D eigenvalue weighted by molar-refractivity contribution is -0.133. The van der Waals surface area contributed by atoms with Crippen molar-refractivity contribution < 1.29 is 4.79 Å². The number of piperidine rings is 1. The van der Waals surface area contributed by atoms with Crippen molar-refractivity contribution >= 4 is 5.91 Å². The standard InChI is InChI=1S/C12H22N2O/c1-2-10-5-6-14(8-11(10)13)12(15)7-9-3-4-9/h9-11H,2-8,13H2,1H3. The molecule has 2 fully saturated rings. The molecule has 1 aliphatic heterocycles. The van der Waals surface area contributed by atoms with Crippen LogP contribution >= 0.6 is 0 Å². The van der Waals surface area contributed by atoms with Crippen molar-refractivity contribution in [2.75, 3.05) is 13.1 Å². The van der Waals surface area contributed by atoms with Crippen LogP contribution in [0.25, 0.3) is 0 Å². The molecule has 86 valence electrons. The van der Waals surface area contributed by atoms with E-state index in [0.717, 1.165) is 32.4 Å². The Morgan fingerprint density at radius 2 is 2.13 bits per heavy atom. The van der Waals surface area contributed by atoms with Gasteiger partial charge in [-0.1, -0.05) is 13.3 Å². The Balaban J connectivity index is 1.81. The highest BCUT2D eigenvalue weighted by atomic mass is 16.2. The van der Waals surface area contributed by atoms with E-state index in [4.69, 9.17) is 5.73 Å². The van der Waals surface area contributed by atoms with Gasteiger partial charge in [0.15, 0.2) is 0 Å². The van der Waals surface area contributed by atoms with E-state index < -0.39 is 0 Å². The summed E-state index contributed by atoms with van der Waals surface area (Å²) in [6.45, 7) is 3.90. The van der Waals surface area contributed by atoms with E-state index in [1.54, 1.807) is 0 Å². The Labute approximate surface area is 92.0 Å². The largest absolute Gasteiger partial charge is 0.341 e. The summed E-state index contributed by atoms with van der Waals surface area (Å²) >= 11 is 0. The van der Waals surface area contributed by atoms with Crippen LogP contribution in [-0.4, -0.2) is 29.9 Å². The third-order valence-electron chi connectivity index (χ3n) is 3.84. The van der Waals surface area contributed by atoms with Crippen LogP contribution in [0.15, 0.2) is 0 Å². The average molecular weight is 210 g/mol. The first-order chi connectivity index (χ1) is 7.20. The molecule has 1 saturated heterocycles. The topological polar surface area (TPSA) is 46.3 Å². The normalized spacial score (nSPS) is 31.7. The van der Waals surface area contributed by atoms with Crippen LogP contribution in [0.2, 0.25) is 0 Å². The maximum Gasteiger partial charge on any atom is 0.222 e. The number of carbonyl (C=O) groups is 1. The van der Waals surface area contributed by atoms with Gasteiger partial charge in [0.25, 0.3) is 0 Å². The lowest BCUT2D eigenvalue weighted by atomic mass is 9.90. The quantitative estimate of drug-likeness (QED) is 0.764. The molecule has 1 aliphatic carbocycles. The Bertz CT molecular complexity index is 238. The predicted octanol–water partition coefficient (Wildman–Crippen LogP) is 1.37. The summed E-state index contributed by atoms with van der Waals surface area (Å²) in [4.78, 5) is 13.8. The number of rotatable bonds is 3. The predicted molar refractivity (Wildman–Crippen MR) is 60.3 cm³/mol. The molecular weight excluding hydrogens is 188 g/mol. The van der Waals surface area contributed by atoms with E-state index >= 15 is 0 Å². The fourth-order valence-electron chi connectivity index (χ4n) is 2.46. The fraction of sp³-hybridized carbons (Fsp3) is 0.917. The van der Waals surface area contributed by atoms with E-state index in [1.807, 2.05) is 4.90 Å². The van der Waals surface area contributed by atoms with Crippen LogP contribution < -0.4 is 5.73 Å². The summed E-state index contributed by atoms with van der Waals surface area (Å²) in [6, 6.07) is 0.201. The van der Waals surface area contributed by atoms with Crippen molar-refractivity contribution in [3.63, 3.8) is 0 Å². The Morgan fingerprint density at radius 3 is 2.67 bits per heavy atom. The van der Waals surface area contributed by atoms with E-state index in [1.165, 1.54) is 12.8 Å². The molecule has 3 nitrogen and oxygen atoms in total. The van der Waals surface area contributed by atoms with E-state index in [9.17, 15) is 4.79 Å². The summed E-state index contributed by atoms with van der Waals surface area (Å²) in [7, 11) is 0.